The first kappa shape index (κ1) is 15.8. The second-order valence-corrected chi connectivity index (χ2v) is 9.70. The zero-order chi connectivity index (χ0) is 16.4. The van der Waals surface area contributed by atoms with E-state index >= 15 is 0 Å². The summed E-state index contributed by atoms with van der Waals surface area (Å²) in [5, 5.41) is 0. The van der Waals surface area contributed by atoms with Crippen molar-refractivity contribution in [3.05, 3.63) is 0 Å². The van der Waals surface area contributed by atoms with Crippen LogP contribution in [0.4, 0.5) is 0 Å². The van der Waals surface area contributed by atoms with Gasteiger partial charge in [-0.05, 0) is 86.4 Å². The molecule has 0 aliphatic heterocycles. The topological polar surface area (TPSA) is 34.1 Å². The summed E-state index contributed by atoms with van der Waals surface area (Å²) in [6.45, 7) is 6.65. The molecule has 0 spiro atoms. The molecule has 0 amide bonds. The van der Waals surface area contributed by atoms with Gasteiger partial charge in [-0.2, -0.15) is 0 Å². The van der Waals surface area contributed by atoms with E-state index in [1.54, 1.807) is 0 Å². The van der Waals surface area contributed by atoms with Crippen molar-refractivity contribution in [2.75, 3.05) is 0 Å². The van der Waals surface area contributed by atoms with Crippen LogP contribution >= 0.6 is 0 Å². The van der Waals surface area contributed by atoms with E-state index < -0.39 is 0 Å². The van der Waals surface area contributed by atoms with E-state index in [-0.39, 0.29) is 10.8 Å². The van der Waals surface area contributed by atoms with Crippen LogP contribution in [0.3, 0.4) is 0 Å². The number of rotatable bonds is 1. The molecule has 4 rings (SSSR count). The second kappa shape index (κ2) is 5.17. The maximum absolute atomic E-state index is 12.2. The predicted molar refractivity (Wildman–Crippen MR) is 90.9 cm³/mol. The summed E-state index contributed by atoms with van der Waals surface area (Å²) in [6, 6.07) is 0. The Morgan fingerprint density at radius 1 is 0.957 bits per heavy atom. The van der Waals surface area contributed by atoms with Gasteiger partial charge in [0.1, 0.15) is 11.6 Å². The molecule has 4 fully saturated rings. The van der Waals surface area contributed by atoms with Crippen LogP contribution in [0, 0.1) is 40.4 Å². The van der Waals surface area contributed by atoms with Gasteiger partial charge in [-0.3, -0.25) is 9.59 Å². The summed E-state index contributed by atoms with van der Waals surface area (Å²) in [5.74, 6) is 4.22. The van der Waals surface area contributed by atoms with Crippen LogP contribution in [0.25, 0.3) is 0 Å². The third-order valence-corrected chi connectivity index (χ3v) is 8.91. The monoisotopic (exact) mass is 316 g/mol. The van der Waals surface area contributed by atoms with Crippen molar-refractivity contribution >= 4 is 11.6 Å². The standard InChI is InChI=1S/C21H32O2/c1-13(22)17-8-9-18-16-7-5-14-4-6-15(23)12-21(14,3)19(16)10-11-20(17,18)2/h14,16-19H,4-12H2,1-3H3/t14-,16+,17+,18-,19+,20+,21+/m1/s1. The van der Waals surface area contributed by atoms with Crippen LogP contribution in [-0.2, 0) is 9.59 Å². The van der Waals surface area contributed by atoms with Gasteiger partial charge in [-0.1, -0.05) is 13.8 Å². The summed E-state index contributed by atoms with van der Waals surface area (Å²) in [4.78, 5) is 24.3. The van der Waals surface area contributed by atoms with E-state index in [0.717, 1.165) is 49.4 Å². The fraction of sp³-hybridized carbons (Fsp3) is 0.905. The van der Waals surface area contributed by atoms with E-state index in [2.05, 4.69) is 13.8 Å². The molecular formula is C21H32O2. The average molecular weight is 316 g/mol. The van der Waals surface area contributed by atoms with Gasteiger partial charge in [0.25, 0.3) is 0 Å². The Morgan fingerprint density at radius 3 is 2.43 bits per heavy atom. The minimum Gasteiger partial charge on any atom is -0.300 e. The van der Waals surface area contributed by atoms with Crippen molar-refractivity contribution in [3.63, 3.8) is 0 Å². The Morgan fingerprint density at radius 2 is 1.70 bits per heavy atom. The minimum absolute atomic E-state index is 0.245. The highest BCUT2D eigenvalue weighted by atomic mass is 16.1. The number of fused-ring (bicyclic) bond motifs is 5. The summed E-state index contributed by atoms with van der Waals surface area (Å²) < 4.78 is 0. The Balaban J connectivity index is 1.64. The van der Waals surface area contributed by atoms with Crippen LogP contribution < -0.4 is 0 Å². The largest absolute Gasteiger partial charge is 0.300 e. The highest BCUT2D eigenvalue weighted by Crippen LogP contribution is 2.67. The van der Waals surface area contributed by atoms with E-state index in [9.17, 15) is 9.59 Å². The molecule has 0 aromatic rings. The SMILES string of the molecule is CC(=O)[C@@H]1CC[C@@H]2[C@@H]3CC[C@H]4CCC(=O)C[C@]4(C)[C@H]3CC[C@]21C. The van der Waals surface area contributed by atoms with Gasteiger partial charge < -0.3 is 0 Å². The third kappa shape index (κ3) is 2.12. The van der Waals surface area contributed by atoms with Gasteiger partial charge in [0.15, 0.2) is 0 Å². The van der Waals surface area contributed by atoms with E-state index in [1.165, 1.54) is 32.1 Å². The van der Waals surface area contributed by atoms with Crippen molar-refractivity contribution in [1.82, 2.24) is 0 Å². The number of hydrogen-bond acceptors (Lipinski definition) is 2. The van der Waals surface area contributed by atoms with Gasteiger partial charge in [-0.25, -0.2) is 0 Å². The van der Waals surface area contributed by atoms with Crippen LogP contribution in [-0.4, -0.2) is 11.6 Å². The number of carbonyl (C=O) groups is 2. The highest BCUT2D eigenvalue weighted by Gasteiger charge is 2.60. The molecule has 2 heteroatoms. The lowest BCUT2D eigenvalue weighted by atomic mass is 9.44. The van der Waals surface area contributed by atoms with Crippen LogP contribution in [0.1, 0.15) is 78.6 Å². The Labute approximate surface area is 140 Å². The lowest BCUT2D eigenvalue weighted by Crippen LogP contribution is -2.54. The number of carbonyl (C=O) groups excluding carboxylic acids is 2. The summed E-state index contributed by atoms with van der Waals surface area (Å²) >= 11 is 0. The van der Waals surface area contributed by atoms with Gasteiger partial charge in [0, 0.05) is 18.8 Å². The molecule has 4 aliphatic rings. The number of hydrogen-bond donors (Lipinski definition) is 0. The fourth-order valence-corrected chi connectivity index (χ4v) is 7.80. The molecule has 7 atom stereocenters. The number of Topliss-reactive ketones (excluding diaryl/α,β-unsaturated/α-hetero) is 2. The molecule has 0 bridgehead atoms. The lowest BCUT2D eigenvalue weighted by Gasteiger charge is -2.60. The van der Waals surface area contributed by atoms with Crippen molar-refractivity contribution in [2.45, 2.75) is 78.6 Å². The summed E-state index contributed by atoms with van der Waals surface area (Å²) in [5.41, 5.74) is 0.503. The van der Waals surface area contributed by atoms with Crippen molar-refractivity contribution in [2.24, 2.45) is 40.4 Å². The fourth-order valence-electron chi connectivity index (χ4n) is 7.80. The summed E-state index contributed by atoms with van der Waals surface area (Å²) in [6.07, 6.45) is 10.3. The normalized spacial score (nSPS) is 52.5. The van der Waals surface area contributed by atoms with E-state index in [4.69, 9.17) is 0 Å². The third-order valence-electron chi connectivity index (χ3n) is 8.91. The molecule has 0 heterocycles. The zero-order valence-corrected chi connectivity index (χ0v) is 15.1. The second-order valence-electron chi connectivity index (χ2n) is 9.70. The highest BCUT2D eigenvalue weighted by molar-refractivity contribution is 5.80. The van der Waals surface area contributed by atoms with Crippen molar-refractivity contribution in [3.8, 4) is 0 Å². The first-order valence-electron chi connectivity index (χ1n) is 9.88. The van der Waals surface area contributed by atoms with Gasteiger partial charge in [0.05, 0.1) is 0 Å². The molecule has 23 heavy (non-hydrogen) atoms. The Kier molecular flexibility index (Phi) is 3.56. The minimum atomic E-state index is 0.245. The van der Waals surface area contributed by atoms with Crippen LogP contribution in [0.5, 0.6) is 0 Å². The maximum Gasteiger partial charge on any atom is 0.133 e. The molecule has 0 aromatic carbocycles. The number of ketones is 2. The van der Waals surface area contributed by atoms with Gasteiger partial charge >= 0.3 is 0 Å². The van der Waals surface area contributed by atoms with Crippen molar-refractivity contribution in [1.29, 1.82) is 0 Å². The summed E-state index contributed by atoms with van der Waals surface area (Å²) in [7, 11) is 0. The Bertz CT molecular complexity index is 538. The van der Waals surface area contributed by atoms with Crippen molar-refractivity contribution < 1.29 is 9.59 Å². The van der Waals surface area contributed by atoms with E-state index in [0.29, 0.717) is 17.5 Å². The van der Waals surface area contributed by atoms with Crippen LogP contribution in [0.15, 0.2) is 0 Å². The molecule has 0 unspecified atom stereocenters. The Hall–Kier alpha value is -0.660. The van der Waals surface area contributed by atoms with Crippen LogP contribution in [0.2, 0.25) is 0 Å². The van der Waals surface area contributed by atoms with Gasteiger partial charge in [0.2, 0.25) is 0 Å². The first-order valence-corrected chi connectivity index (χ1v) is 9.88. The smallest absolute Gasteiger partial charge is 0.133 e. The maximum atomic E-state index is 12.2. The first-order chi connectivity index (χ1) is 10.9. The molecule has 2 nitrogen and oxygen atoms in total. The molecule has 0 saturated heterocycles. The molecule has 128 valence electrons. The van der Waals surface area contributed by atoms with E-state index in [1.807, 2.05) is 6.92 Å². The van der Waals surface area contributed by atoms with Gasteiger partial charge in [-0.15, -0.1) is 0 Å². The average Bonchev–Trinajstić information content (AvgIpc) is 2.83. The molecular weight excluding hydrogens is 284 g/mol. The predicted octanol–water partition coefficient (Wildman–Crippen LogP) is 4.80. The molecule has 0 aromatic heterocycles. The quantitative estimate of drug-likeness (QED) is 0.696. The molecule has 4 saturated carbocycles. The molecule has 4 aliphatic carbocycles. The molecule has 0 N–H and O–H groups in total. The zero-order valence-electron chi connectivity index (χ0n) is 15.1. The lowest BCUT2D eigenvalue weighted by molar-refractivity contribution is -0.143. The molecule has 0 radical (unpaired) electrons.